The number of carbonyl (C=O) groups excluding carboxylic acids is 2. The minimum atomic E-state index is -4.86. The molecule has 2 aromatic rings. The first-order valence-electron chi connectivity index (χ1n) is 6.31. The predicted octanol–water partition coefficient (Wildman–Crippen LogP) is 3.77. The number of rotatable bonds is 4. The monoisotopic (exact) mass is 358 g/mol. The van der Waals surface area contributed by atoms with E-state index < -0.39 is 33.8 Å². The summed E-state index contributed by atoms with van der Waals surface area (Å²) in [6, 6.07) is 5.92. The number of thiazole rings is 1. The van der Waals surface area contributed by atoms with Gasteiger partial charge in [-0.25, -0.2) is 4.98 Å². The maximum atomic E-state index is 12.7. The summed E-state index contributed by atoms with van der Waals surface area (Å²) in [7, 11) is 0. The molecular formula is C13H9F3N4O3S. The Morgan fingerprint density at radius 1 is 1.21 bits per heavy atom. The lowest BCUT2D eigenvalue weighted by Gasteiger charge is -2.08. The second kappa shape index (κ2) is 6.74. The third-order valence-electron chi connectivity index (χ3n) is 2.66. The molecule has 0 radical (unpaired) electrons. The van der Waals surface area contributed by atoms with Gasteiger partial charge >= 0.3 is 6.18 Å². The average Bonchev–Trinajstić information content (AvgIpc) is 2.90. The Morgan fingerprint density at radius 3 is 2.42 bits per heavy atom. The normalized spacial score (nSPS) is 11.0. The molecule has 0 unspecified atom stereocenters. The van der Waals surface area contributed by atoms with E-state index in [1.54, 1.807) is 6.07 Å². The molecule has 2 N–H and O–H groups in total. The Labute approximate surface area is 136 Å². The number of halogens is 3. The van der Waals surface area contributed by atoms with Crippen LogP contribution < -0.4 is 10.6 Å². The SMILES string of the molecule is CC(=O)Nc1ccccc1C(=O)Nc1nc(C(F)(F)F)c(N=O)s1. The summed E-state index contributed by atoms with van der Waals surface area (Å²) in [5.41, 5.74) is -1.26. The lowest BCUT2D eigenvalue weighted by Crippen LogP contribution is -2.16. The molecule has 1 aromatic carbocycles. The lowest BCUT2D eigenvalue weighted by molar-refractivity contribution is -0.140. The third-order valence-corrected chi connectivity index (χ3v) is 3.51. The highest BCUT2D eigenvalue weighted by Gasteiger charge is 2.38. The van der Waals surface area contributed by atoms with Gasteiger partial charge in [-0.2, -0.15) is 13.2 Å². The van der Waals surface area contributed by atoms with Gasteiger partial charge in [0.15, 0.2) is 15.8 Å². The summed E-state index contributed by atoms with van der Waals surface area (Å²) in [6.07, 6.45) is -4.86. The van der Waals surface area contributed by atoms with Crippen molar-refractivity contribution in [2.24, 2.45) is 5.18 Å². The maximum absolute atomic E-state index is 12.7. The molecule has 1 aromatic heterocycles. The molecule has 7 nitrogen and oxygen atoms in total. The molecule has 0 spiro atoms. The zero-order valence-corrected chi connectivity index (χ0v) is 12.8. The third kappa shape index (κ3) is 3.93. The summed E-state index contributed by atoms with van der Waals surface area (Å²) in [5, 5.41) is 5.54. The molecular weight excluding hydrogens is 349 g/mol. The van der Waals surface area contributed by atoms with Gasteiger partial charge in [0.2, 0.25) is 5.91 Å². The van der Waals surface area contributed by atoms with E-state index in [2.05, 4.69) is 20.8 Å². The molecule has 2 amide bonds. The van der Waals surface area contributed by atoms with Gasteiger partial charge in [0.1, 0.15) is 0 Å². The number of nitrogens with zero attached hydrogens (tertiary/aromatic N) is 2. The van der Waals surface area contributed by atoms with Crippen molar-refractivity contribution in [3.05, 3.63) is 40.4 Å². The van der Waals surface area contributed by atoms with E-state index in [1.807, 2.05) is 0 Å². The van der Waals surface area contributed by atoms with Crippen molar-refractivity contribution < 1.29 is 22.8 Å². The number of benzene rings is 1. The van der Waals surface area contributed by atoms with Crippen LogP contribution in [0.1, 0.15) is 23.0 Å². The Kier molecular flexibility index (Phi) is 4.93. The Hall–Kier alpha value is -2.82. The molecule has 0 aliphatic carbocycles. The van der Waals surface area contributed by atoms with Crippen LogP contribution in [-0.2, 0) is 11.0 Å². The van der Waals surface area contributed by atoms with Crippen molar-refractivity contribution in [1.29, 1.82) is 0 Å². The molecule has 0 bridgehead atoms. The van der Waals surface area contributed by atoms with Gasteiger partial charge < -0.3 is 5.32 Å². The van der Waals surface area contributed by atoms with E-state index >= 15 is 0 Å². The quantitative estimate of drug-likeness (QED) is 0.813. The van der Waals surface area contributed by atoms with Crippen LogP contribution in [0.2, 0.25) is 0 Å². The van der Waals surface area contributed by atoms with Crippen LogP contribution >= 0.6 is 11.3 Å². The van der Waals surface area contributed by atoms with Gasteiger partial charge in [-0.3, -0.25) is 14.9 Å². The summed E-state index contributed by atoms with van der Waals surface area (Å²) in [6.45, 7) is 1.24. The van der Waals surface area contributed by atoms with Crippen LogP contribution in [0.15, 0.2) is 29.4 Å². The smallest absolute Gasteiger partial charge is 0.326 e. The number of hydrogen-bond acceptors (Lipinski definition) is 6. The molecule has 0 saturated carbocycles. The number of para-hydroxylation sites is 1. The van der Waals surface area contributed by atoms with Crippen LogP contribution in [0.3, 0.4) is 0 Å². The molecule has 1 heterocycles. The fourth-order valence-corrected chi connectivity index (χ4v) is 2.52. The standard InChI is InChI=1S/C13H9F3N4O3S/c1-6(21)17-8-5-3-2-4-7(8)10(22)19-12-18-9(13(14,15)16)11(20-23)24-12/h2-5H,1H3,(H,17,21)(H,18,19,22). The fraction of sp³-hybridized carbons (Fsp3) is 0.154. The van der Waals surface area contributed by atoms with Crippen LogP contribution in [0.25, 0.3) is 0 Å². The maximum Gasteiger partial charge on any atom is 0.436 e. The number of anilines is 2. The van der Waals surface area contributed by atoms with E-state index in [9.17, 15) is 27.7 Å². The Bertz CT molecular complexity index is 804. The van der Waals surface area contributed by atoms with Gasteiger partial charge in [0, 0.05) is 6.92 Å². The van der Waals surface area contributed by atoms with E-state index in [0.717, 1.165) is 0 Å². The first-order valence-corrected chi connectivity index (χ1v) is 7.13. The van der Waals surface area contributed by atoms with Gasteiger partial charge in [0.05, 0.1) is 11.3 Å². The van der Waals surface area contributed by atoms with E-state index in [0.29, 0.717) is 11.3 Å². The molecule has 126 valence electrons. The van der Waals surface area contributed by atoms with Gasteiger partial charge in [0.25, 0.3) is 5.91 Å². The largest absolute Gasteiger partial charge is 0.436 e. The van der Waals surface area contributed by atoms with E-state index in [4.69, 9.17) is 0 Å². The van der Waals surface area contributed by atoms with Crippen LogP contribution in [0.5, 0.6) is 0 Å². The highest BCUT2D eigenvalue weighted by atomic mass is 32.1. The van der Waals surface area contributed by atoms with Crippen molar-refractivity contribution in [2.75, 3.05) is 10.6 Å². The molecule has 0 aliphatic rings. The minimum absolute atomic E-state index is 0.0251. The first kappa shape index (κ1) is 17.5. The Balaban J connectivity index is 2.30. The van der Waals surface area contributed by atoms with Crippen molar-refractivity contribution in [3.63, 3.8) is 0 Å². The highest BCUT2D eigenvalue weighted by molar-refractivity contribution is 7.19. The number of hydrogen-bond donors (Lipinski definition) is 2. The number of carbonyl (C=O) groups is 2. The molecule has 24 heavy (non-hydrogen) atoms. The molecule has 0 fully saturated rings. The minimum Gasteiger partial charge on any atom is -0.326 e. The number of nitroso groups, excluding NO2 is 1. The van der Waals surface area contributed by atoms with Crippen LogP contribution in [-0.4, -0.2) is 16.8 Å². The summed E-state index contributed by atoms with van der Waals surface area (Å²) < 4.78 is 38.1. The fourth-order valence-electron chi connectivity index (χ4n) is 1.76. The number of alkyl halides is 3. The second-order valence-electron chi connectivity index (χ2n) is 4.44. The van der Waals surface area contributed by atoms with Gasteiger partial charge in [-0.1, -0.05) is 23.5 Å². The molecule has 0 atom stereocenters. The van der Waals surface area contributed by atoms with E-state index in [-0.39, 0.29) is 11.3 Å². The number of nitrogens with one attached hydrogen (secondary N) is 2. The van der Waals surface area contributed by atoms with Crippen molar-refractivity contribution in [2.45, 2.75) is 13.1 Å². The van der Waals surface area contributed by atoms with Crippen LogP contribution in [0.4, 0.5) is 29.0 Å². The zero-order chi connectivity index (χ0) is 17.9. The number of amides is 2. The molecule has 2 rings (SSSR count). The predicted molar refractivity (Wildman–Crippen MR) is 81.3 cm³/mol. The van der Waals surface area contributed by atoms with Crippen molar-refractivity contribution in [3.8, 4) is 0 Å². The average molecular weight is 358 g/mol. The zero-order valence-electron chi connectivity index (χ0n) is 12.0. The van der Waals surface area contributed by atoms with Crippen LogP contribution in [0, 0.1) is 4.91 Å². The van der Waals surface area contributed by atoms with E-state index in [1.165, 1.54) is 25.1 Å². The first-order chi connectivity index (χ1) is 11.2. The molecule has 0 saturated heterocycles. The van der Waals surface area contributed by atoms with Gasteiger partial charge in [-0.15, -0.1) is 4.91 Å². The molecule has 0 aliphatic heterocycles. The lowest BCUT2D eigenvalue weighted by atomic mass is 10.1. The summed E-state index contributed by atoms with van der Waals surface area (Å²) >= 11 is 0.300. The topological polar surface area (TPSA) is 101 Å². The van der Waals surface area contributed by atoms with Crippen molar-refractivity contribution >= 4 is 39.0 Å². The summed E-state index contributed by atoms with van der Waals surface area (Å²) in [5.74, 6) is -1.21. The Morgan fingerprint density at radius 2 is 1.88 bits per heavy atom. The van der Waals surface area contributed by atoms with Crippen molar-refractivity contribution in [1.82, 2.24) is 4.98 Å². The van der Waals surface area contributed by atoms with Gasteiger partial charge in [-0.05, 0) is 17.3 Å². The number of aromatic nitrogens is 1. The summed E-state index contributed by atoms with van der Waals surface area (Å²) in [4.78, 5) is 37.0. The molecule has 11 heteroatoms. The highest BCUT2D eigenvalue weighted by Crippen LogP contribution is 2.41. The second-order valence-corrected chi connectivity index (χ2v) is 5.42.